The Labute approximate surface area is 185 Å². The summed E-state index contributed by atoms with van der Waals surface area (Å²) in [6.45, 7) is 3.52. The van der Waals surface area contributed by atoms with Crippen molar-refractivity contribution in [3.63, 3.8) is 0 Å². The Hall–Kier alpha value is -2.91. The minimum absolute atomic E-state index is 0.0976. The van der Waals surface area contributed by atoms with E-state index in [4.69, 9.17) is 4.74 Å². The number of nitrogens with one attached hydrogen (secondary N) is 1. The second kappa shape index (κ2) is 9.93. The molecule has 31 heavy (non-hydrogen) atoms. The smallest absolute Gasteiger partial charge is 0.274 e. The van der Waals surface area contributed by atoms with Gasteiger partial charge in [-0.2, -0.15) is 0 Å². The molecule has 6 nitrogen and oxygen atoms in total. The van der Waals surface area contributed by atoms with Crippen LogP contribution in [0.2, 0.25) is 0 Å². The standard InChI is InChI=1S/C22H23FN2O4S2/c1-16-5-11-20(12-6-16)29-15-17(2)24-21(26)14-25(19-9-7-18(23)8-10-19)31(27,28)22-4-3-13-30-22/h3-13,17H,14-15H2,1-2H3,(H,24,26). The fourth-order valence-corrected chi connectivity index (χ4v) is 5.32. The summed E-state index contributed by atoms with van der Waals surface area (Å²) in [5, 5.41) is 4.39. The van der Waals surface area contributed by atoms with Gasteiger partial charge in [-0.15, -0.1) is 11.3 Å². The van der Waals surface area contributed by atoms with Crippen LogP contribution in [-0.2, 0) is 14.8 Å². The van der Waals surface area contributed by atoms with Gasteiger partial charge < -0.3 is 10.1 Å². The van der Waals surface area contributed by atoms with E-state index < -0.39 is 28.3 Å². The first-order valence-electron chi connectivity index (χ1n) is 9.56. The van der Waals surface area contributed by atoms with E-state index in [1.54, 1.807) is 18.4 Å². The maximum atomic E-state index is 13.3. The van der Waals surface area contributed by atoms with Crippen LogP contribution in [0.3, 0.4) is 0 Å². The van der Waals surface area contributed by atoms with E-state index in [1.165, 1.54) is 18.2 Å². The van der Waals surface area contributed by atoms with E-state index in [0.29, 0.717) is 5.75 Å². The minimum atomic E-state index is -3.98. The van der Waals surface area contributed by atoms with E-state index in [1.807, 2.05) is 31.2 Å². The molecule has 0 bridgehead atoms. The fourth-order valence-electron chi connectivity index (χ4n) is 2.79. The van der Waals surface area contributed by atoms with Gasteiger partial charge in [0.2, 0.25) is 5.91 Å². The van der Waals surface area contributed by atoms with E-state index in [0.717, 1.165) is 33.3 Å². The Kier molecular flexibility index (Phi) is 7.29. The van der Waals surface area contributed by atoms with Gasteiger partial charge in [-0.05, 0) is 61.7 Å². The van der Waals surface area contributed by atoms with Gasteiger partial charge in [0.25, 0.3) is 10.0 Å². The molecule has 1 heterocycles. The van der Waals surface area contributed by atoms with Gasteiger partial charge in [-0.3, -0.25) is 9.10 Å². The van der Waals surface area contributed by atoms with Gasteiger partial charge >= 0.3 is 0 Å². The number of ether oxygens (including phenoxy) is 1. The van der Waals surface area contributed by atoms with Crippen molar-refractivity contribution in [1.82, 2.24) is 5.32 Å². The molecular weight excluding hydrogens is 439 g/mol. The number of halogens is 1. The first-order valence-corrected chi connectivity index (χ1v) is 11.9. The number of benzene rings is 2. The van der Waals surface area contributed by atoms with Gasteiger partial charge in [-0.25, -0.2) is 12.8 Å². The van der Waals surface area contributed by atoms with E-state index in [9.17, 15) is 17.6 Å². The maximum absolute atomic E-state index is 13.3. The van der Waals surface area contributed by atoms with E-state index >= 15 is 0 Å². The molecule has 0 saturated heterocycles. The number of hydrogen-bond donors (Lipinski definition) is 1. The molecule has 1 amide bonds. The van der Waals surface area contributed by atoms with Gasteiger partial charge in [-0.1, -0.05) is 23.8 Å². The first kappa shape index (κ1) is 22.8. The highest BCUT2D eigenvalue weighted by Crippen LogP contribution is 2.26. The summed E-state index contributed by atoms with van der Waals surface area (Å²) in [6.07, 6.45) is 0. The molecule has 2 aromatic carbocycles. The summed E-state index contributed by atoms with van der Waals surface area (Å²) < 4.78 is 46.2. The predicted molar refractivity (Wildman–Crippen MR) is 120 cm³/mol. The Bertz CT molecular complexity index is 1100. The molecule has 0 spiro atoms. The first-order chi connectivity index (χ1) is 14.8. The van der Waals surface area contributed by atoms with Crippen molar-refractivity contribution < 1.29 is 22.3 Å². The quantitative estimate of drug-likeness (QED) is 0.522. The fraction of sp³-hybridized carbons (Fsp3) is 0.227. The van der Waals surface area contributed by atoms with Crippen LogP contribution in [0.4, 0.5) is 10.1 Å². The van der Waals surface area contributed by atoms with Crippen LogP contribution >= 0.6 is 11.3 Å². The Morgan fingerprint density at radius 3 is 2.42 bits per heavy atom. The van der Waals surface area contributed by atoms with Gasteiger partial charge in [0.1, 0.15) is 28.9 Å². The molecule has 1 aromatic heterocycles. The second-order valence-electron chi connectivity index (χ2n) is 7.01. The number of thiophene rings is 1. The molecule has 1 unspecified atom stereocenters. The van der Waals surface area contributed by atoms with Gasteiger partial charge in [0.05, 0.1) is 11.7 Å². The lowest BCUT2D eigenvalue weighted by atomic mass is 10.2. The third-order valence-corrected chi connectivity index (χ3v) is 7.52. The lowest BCUT2D eigenvalue weighted by Crippen LogP contribution is -2.45. The average Bonchev–Trinajstić information content (AvgIpc) is 3.28. The molecule has 9 heteroatoms. The summed E-state index contributed by atoms with van der Waals surface area (Å²) in [5.74, 6) is -0.312. The van der Waals surface area contributed by atoms with Crippen molar-refractivity contribution in [2.75, 3.05) is 17.5 Å². The summed E-state index contributed by atoms with van der Waals surface area (Å²) in [7, 11) is -3.98. The van der Waals surface area contributed by atoms with Crippen molar-refractivity contribution in [3.05, 3.63) is 77.4 Å². The lowest BCUT2D eigenvalue weighted by molar-refractivity contribution is -0.120. The van der Waals surface area contributed by atoms with Gasteiger partial charge in [0.15, 0.2) is 0 Å². The van der Waals surface area contributed by atoms with Crippen LogP contribution in [0.15, 0.2) is 70.3 Å². The van der Waals surface area contributed by atoms with Crippen molar-refractivity contribution in [3.8, 4) is 5.75 Å². The number of anilines is 1. The summed E-state index contributed by atoms with van der Waals surface area (Å²) in [6, 6.07) is 15.2. The predicted octanol–water partition coefficient (Wildman–Crippen LogP) is 3.97. The number of carbonyl (C=O) groups excluding carboxylic acids is 1. The molecule has 0 saturated carbocycles. The van der Waals surface area contributed by atoms with Crippen LogP contribution in [0.25, 0.3) is 0 Å². The third-order valence-electron chi connectivity index (χ3n) is 4.37. The average molecular weight is 463 g/mol. The number of nitrogens with zero attached hydrogens (tertiary/aromatic N) is 1. The molecule has 0 aliphatic heterocycles. The molecular formula is C22H23FN2O4S2. The molecule has 3 rings (SSSR count). The number of aryl methyl sites for hydroxylation is 1. The maximum Gasteiger partial charge on any atom is 0.274 e. The van der Waals surface area contributed by atoms with Crippen molar-refractivity contribution >= 4 is 33.0 Å². The SMILES string of the molecule is Cc1ccc(OCC(C)NC(=O)CN(c2ccc(F)cc2)S(=O)(=O)c2cccs2)cc1. The molecule has 0 aliphatic carbocycles. The molecule has 0 radical (unpaired) electrons. The number of amides is 1. The minimum Gasteiger partial charge on any atom is -0.491 e. The van der Waals surface area contributed by atoms with E-state index in [2.05, 4.69) is 5.32 Å². The summed E-state index contributed by atoms with van der Waals surface area (Å²) >= 11 is 1.05. The third kappa shape index (κ3) is 6.05. The van der Waals surface area contributed by atoms with Crippen molar-refractivity contribution in [2.24, 2.45) is 0 Å². The number of hydrogen-bond acceptors (Lipinski definition) is 5. The molecule has 0 aliphatic rings. The molecule has 3 aromatic rings. The van der Waals surface area contributed by atoms with Gasteiger partial charge in [0, 0.05) is 0 Å². The van der Waals surface area contributed by atoms with Crippen molar-refractivity contribution in [1.29, 1.82) is 0 Å². The highest BCUT2D eigenvalue weighted by molar-refractivity contribution is 7.94. The Morgan fingerprint density at radius 1 is 1.13 bits per heavy atom. The second-order valence-corrected chi connectivity index (χ2v) is 10.0. The molecule has 1 N–H and O–H groups in total. The number of rotatable bonds is 9. The number of carbonyl (C=O) groups is 1. The summed E-state index contributed by atoms with van der Waals surface area (Å²) in [5.41, 5.74) is 1.31. The topological polar surface area (TPSA) is 75.7 Å². The molecule has 1 atom stereocenters. The van der Waals surface area contributed by atoms with Crippen LogP contribution in [-0.4, -0.2) is 33.5 Å². The Balaban J connectivity index is 1.69. The zero-order valence-electron chi connectivity index (χ0n) is 17.1. The zero-order chi connectivity index (χ0) is 22.4. The van der Waals surface area contributed by atoms with E-state index in [-0.39, 0.29) is 22.5 Å². The molecule has 164 valence electrons. The Morgan fingerprint density at radius 2 is 1.81 bits per heavy atom. The number of sulfonamides is 1. The summed E-state index contributed by atoms with van der Waals surface area (Å²) in [4.78, 5) is 12.6. The lowest BCUT2D eigenvalue weighted by Gasteiger charge is -2.24. The zero-order valence-corrected chi connectivity index (χ0v) is 18.8. The van der Waals surface area contributed by atoms with Crippen LogP contribution in [0.5, 0.6) is 5.75 Å². The van der Waals surface area contributed by atoms with Crippen LogP contribution in [0.1, 0.15) is 12.5 Å². The normalized spacial score (nSPS) is 12.2. The largest absolute Gasteiger partial charge is 0.491 e. The van der Waals surface area contributed by atoms with Crippen LogP contribution < -0.4 is 14.4 Å². The van der Waals surface area contributed by atoms with Crippen molar-refractivity contribution in [2.45, 2.75) is 24.1 Å². The molecule has 0 fully saturated rings. The van der Waals surface area contributed by atoms with Crippen LogP contribution in [0, 0.1) is 12.7 Å². The highest BCUT2D eigenvalue weighted by Gasteiger charge is 2.28. The monoisotopic (exact) mass is 462 g/mol. The highest BCUT2D eigenvalue weighted by atomic mass is 32.2.